The average molecular weight is 235 g/mol. The molecule has 2 heterocycles. The topological polar surface area (TPSA) is 37.3 Å². The Morgan fingerprint density at radius 1 is 1.60 bits per heavy atom. The van der Waals surface area contributed by atoms with Crippen LogP contribution in [0.25, 0.3) is 0 Å². The van der Waals surface area contributed by atoms with Crippen molar-refractivity contribution in [1.29, 1.82) is 0 Å². The van der Waals surface area contributed by atoms with Crippen molar-refractivity contribution >= 4 is 27.9 Å². The lowest BCUT2D eigenvalue weighted by Gasteiger charge is -2.06. The molecule has 2 rings (SSSR count). The number of thioether (sulfide) groups is 2. The number of hydrazone groups is 1. The normalized spacial score (nSPS) is 19.1. The zero-order valence-electron chi connectivity index (χ0n) is 7.88. The molecule has 0 aliphatic carbocycles. The van der Waals surface area contributed by atoms with Crippen LogP contribution in [0.1, 0.15) is 11.1 Å². The van der Waals surface area contributed by atoms with Gasteiger partial charge in [0, 0.05) is 6.20 Å². The summed E-state index contributed by atoms with van der Waals surface area (Å²) >= 11 is 3.22. The zero-order valence-corrected chi connectivity index (χ0v) is 9.52. The molecular formula is C10H9N3S2. The lowest BCUT2D eigenvalue weighted by molar-refractivity contribution is 0.725. The molecule has 0 spiro atoms. The first-order valence-corrected chi connectivity index (χ1v) is 6.24. The Hall–Kier alpha value is -1.12. The predicted molar refractivity (Wildman–Crippen MR) is 66.4 cm³/mol. The number of aromatic nitrogens is 1. The molecule has 0 radical (unpaired) electrons. The fourth-order valence-corrected chi connectivity index (χ4v) is 2.83. The predicted octanol–water partition coefficient (Wildman–Crippen LogP) is 2.05. The molecule has 0 fully saturated rings. The van der Waals surface area contributed by atoms with Crippen molar-refractivity contribution in [1.82, 2.24) is 10.4 Å². The highest BCUT2D eigenvalue weighted by molar-refractivity contribution is 8.39. The standard InChI is InChI=1S/C10H9N3S2/c1-2-7-14-10-13-12-9(15-10)8-5-3-4-6-11-8/h1,3-6,9,12H,7H2/t9-/m1/s1. The van der Waals surface area contributed by atoms with E-state index in [-0.39, 0.29) is 5.37 Å². The van der Waals surface area contributed by atoms with E-state index >= 15 is 0 Å². The second-order valence-electron chi connectivity index (χ2n) is 2.75. The maximum atomic E-state index is 5.18. The van der Waals surface area contributed by atoms with Crippen molar-refractivity contribution in [2.75, 3.05) is 5.75 Å². The SMILES string of the molecule is C#CCSC1=NN[C@@H](c2ccccn2)S1. The average Bonchev–Trinajstić information content (AvgIpc) is 2.76. The van der Waals surface area contributed by atoms with Crippen LogP contribution in [0.2, 0.25) is 0 Å². The minimum atomic E-state index is 0.117. The molecule has 1 aromatic rings. The molecule has 0 aromatic carbocycles. The van der Waals surface area contributed by atoms with Crippen molar-refractivity contribution < 1.29 is 0 Å². The van der Waals surface area contributed by atoms with Gasteiger partial charge < -0.3 is 0 Å². The van der Waals surface area contributed by atoms with Gasteiger partial charge in [0.1, 0.15) is 5.37 Å². The van der Waals surface area contributed by atoms with Crippen LogP contribution < -0.4 is 5.43 Å². The summed E-state index contributed by atoms with van der Waals surface area (Å²) in [5, 5.41) is 4.31. The highest BCUT2D eigenvalue weighted by Gasteiger charge is 2.21. The molecule has 1 aliphatic rings. The van der Waals surface area contributed by atoms with Crippen molar-refractivity contribution in [3.05, 3.63) is 30.1 Å². The van der Waals surface area contributed by atoms with E-state index in [1.54, 1.807) is 29.7 Å². The first-order valence-electron chi connectivity index (χ1n) is 4.37. The van der Waals surface area contributed by atoms with E-state index in [1.807, 2.05) is 18.2 Å². The maximum Gasteiger partial charge on any atom is 0.153 e. The number of hydrogen-bond acceptors (Lipinski definition) is 5. The monoisotopic (exact) mass is 235 g/mol. The largest absolute Gasteiger partial charge is 0.289 e. The fourth-order valence-electron chi connectivity index (χ4n) is 1.09. The van der Waals surface area contributed by atoms with Crippen LogP contribution in [0.4, 0.5) is 0 Å². The van der Waals surface area contributed by atoms with Crippen LogP contribution in [0, 0.1) is 12.3 Å². The number of pyridine rings is 1. The highest BCUT2D eigenvalue weighted by atomic mass is 32.2. The molecule has 0 saturated carbocycles. The summed E-state index contributed by atoms with van der Waals surface area (Å²) in [4.78, 5) is 4.27. The Morgan fingerprint density at radius 3 is 3.27 bits per heavy atom. The fraction of sp³-hybridized carbons (Fsp3) is 0.200. The van der Waals surface area contributed by atoms with Gasteiger partial charge in [-0.15, -0.1) is 6.42 Å². The Balaban J connectivity index is 1.94. The third-order valence-corrected chi connectivity index (χ3v) is 3.89. The number of nitrogens with zero attached hydrogens (tertiary/aromatic N) is 2. The zero-order chi connectivity index (χ0) is 10.5. The van der Waals surface area contributed by atoms with Crippen LogP contribution in [-0.4, -0.2) is 15.1 Å². The molecule has 0 bridgehead atoms. The molecule has 76 valence electrons. The maximum absolute atomic E-state index is 5.18. The van der Waals surface area contributed by atoms with Gasteiger partial charge in [0.25, 0.3) is 0 Å². The van der Waals surface area contributed by atoms with Crippen LogP contribution in [0.5, 0.6) is 0 Å². The Labute approximate surface area is 97.1 Å². The van der Waals surface area contributed by atoms with Gasteiger partial charge in [-0.3, -0.25) is 10.4 Å². The molecule has 1 aliphatic heterocycles. The number of terminal acetylenes is 1. The van der Waals surface area contributed by atoms with E-state index in [9.17, 15) is 0 Å². The Bertz CT molecular complexity index is 397. The smallest absolute Gasteiger partial charge is 0.153 e. The Kier molecular flexibility index (Phi) is 3.54. The summed E-state index contributed by atoms with van der Waals surface area (Å²) in [6.07, 6.45) is 6.97. The van der Waals surface area contributed by atoms with Crippen molar-refractivity contribution in [2.45, 2.75) is 5.37 Å². The first-order chi connectivity index (χ1) is 7.40. The van der Waals surface area contributed by atoms with Crippen LogP contribution in [0.15, 0.2) is 29.5 Å². The van der Waals surface area contributed by atoms with E-state index in [4.69, 9.17) is 6.42 Å². The molecule has 5 heteroatoms. The molecule has 1 atom stereocenters. The summed E-state index contributed by atoms with van der Waals surface area (Å²) in [5.41, 5.74) is 4.02. The molecule has 3 nitrogen and oxygen atoms in total. The molecular weight excluding hydrogens is 226 g/mol. The lowest BCUT2D eigenvalue weighted by Crippen LogP contribution is -2.07. The van der Waals surface area contributed by atoms with Crippen molar-refractivity contribution in [2.24, 2.45) is 5.10 Å². The first kappa shape index (κ1) is 10.4. The molecule has 1 aromatic heterocycles. The number of nitrogens with one attached hydrogen (secondary N) is 1. The third kappa shape index (κ3) is 2.67. The lowest BCUT2D eigenvalue weighted by atomic mass is 10.3. The second kappa shape index (κ2) is 5.10. The molecule has 0 amide bonds. The third-order valence-electron chi connectivity index (χ3n) is 1.73. The van der Waals surface area contributed by atoms with Crippen LogP contribution in [-0.2, 0) is 0 Å². The van der Waals surface area contributed by atoms with E-state index in [0.29, 0.717) is 5.75 Å². The summed E-state index contributed by atoms with van der Waals surface area (Å²) in [7, 11) is 0. The molecule has 15 heavy (non-hydrogen) atoms. The summed E-state index contributed by atoms with van der Waals surface area (Å²) < 4.78 is 0.976. The van der Waals surface area contributed by atoms with Crippen molar-refractivity contribution in [3.8, 4) is 12.3 Å². The van der Waals surface area contributed by atoms with E-state index in [0.717, 1.165) is 10.1 Å². The molecule has 1 N–H and O–H groups in total. The summed E-state index contributed by atoms with van der Waals surface area (Å²) in [6, 6.07) is 5.85. The molecule has 0 saturated heterocycles. The van der Waals surface area contributed by atoms with Gasteiger partial charge in [-0.1, -0.05) is 35.5 Å². The van der Waals surface area contributed by atoms with Gasteiger partial charge in [0.15, 0.2) is 4.38 Å². The van der Waals surface area contributed by atoms with Crippen molar-refractivity contribution in [3.63, 3.8) is 0 Å². The minimum Gasteiger partial charge on any atom is -0.289 e. The summed E-state index contributed by atoms with van der Waals surface area (Å²) in [6.45, 7) is 0. The number of hydrogen-bond donors (Lipinski definition) is 1. The second-order valence-corrected chi connectivity index (χ2v) is 5.07. The quantitative estimate of drug-likeness (QED) is 0.796. The van der Waals surface area contributed by atoms with Crippen LogP contribution in [0.3, 0.4) is 0 Å². The van der Waals surface area contributed by atoms with Gasteiger partial charge >= 0.3 is 0 Å². The van der Waals surface area contributed by atoms with E-state index < -0.39 is 0 Å². The van der Waals surface area contributed by atoms with E-state index in [2.05, 4.69) is 21.4 Å². The molecule has 0 unspecified atom stereocenters. The number of rotatable bonds is 2. The van der Waals surface area contributed by atoms with Gasteiger partial charge in [0.2, 0.25) is 0 Å². The van der Waals surface area contributed by atoms with Gasteiger partial charge in [0.05, 0.1) is 11.4 Å². The van der Waals surface area contributed by atoms with Gasteiger partial charge in [-0.2, -0.15) is 5.10 Å². The van der Waals surface area contributed by atoms with Gasteiger partial charge in [-0.05, 0) is 12.1 Å². The van der Waals surface area contributed by atoms with E-state index in [1.165, 1.54) is 0 Å². The summed E-state index contributed by atoms with van der Waals surface area (Å²) in [5.74, 6) is 3.23. The Morgan fingerprint density at radius 2 is 2.53 bits per heavy atom. The van der Waals surface area contributed by atoms with Gasteiger partial charge in [-0.25, -0.2) is 0 Å². The van der Waals surface area contributed by atoms with Crippen LogP contribution >= 0.6 is 23.5 Å². The minimum absolute atomic E-state index is 0.117. The highest BCUT2D eigenvalue weighted by Crippen LogP contribution is 2.34.